The molecule has 3 rings (SSSR count). The first kappa shape index (κ1) is 24.5. The molecule has 0 radical (unpaired) electrons. The van der Waals surface area contributed by atoms with E-state index in [1.54, 1.807) is 12.1 Å². The van der Waals surface area contributed by atoms with Gasteiger partial charge in [0.2, 0.25) is 17.7 Å². The van der Waals surface area contributed by atoms with E-state index in [0.29, 0.717) is 24.0 Å². The number of imide groups is 1. The zero-order valence-electron chi connectivity index (χ0n) is 19.5. The minimum Gasteiger partial charge on any atom is -0.493 e. The monoisotopic (exact) mass is 459 g/mol. The summed E-state index contributed by atoms with van der Waals surface area (Å²) in [5.41, 5.74) is 4.98. The van der Waals surface area contributed by atoms with E-state index < -0.39 is 11.8 Å². The molecule has 1 aliphatic carbocycles. The first-order chi connectivity index (χ1) is 15.8. The number of likely N-dealkylation sites (tertiary alicyclic amines) is 1. The number of benzene rings is 1. The fourth-order valence-corrected chi connectivity index (χ4v) is 4.26. The lowest BCUT2D eigenvalue weighted by atomic mass is 9.81. The van der Waals surface area contributed by atoms with E-state index in [4.69, 9.17) is 9.47 Å². The second-order valence-electron chi connectivity index (χ2n) is 8.97. The van der Waals surface area contributed by atoms with Gasteiger partial charge in [-0.2, -0.15) is 0 Å². The molecule has 1 aromatic carbocycles. The molecule has 33 heavy (non-hydrogen) atoms. The van der Waals surface area contributed by atoms with Gasteiger partial charge in [-0.1, -0.05) is 26.7 Å². The molecule has 1 aliphatic heterocycles. The lowest BCUT2D eigenvalue weighted by Gasteiger charge is -2.19. The Bertz CT molecular complexity index is 876. The normalized spacial score (nSPS) is 19.9. The van der Waals surface area contributed by atoms with Gasteiger partial charge in [0, 0.05) is 18.5 Å². The van der Waals surface area contributed by atoms with Gasteiger partial charge < -0.3 is 9.47 Å². The Morgan fingerprint density at radius 3 is 2.33 bits per heavy atom. The lowest BCUT2D eigenvalue weighted by molar-refractivity contribution is -0.140. The van der Waals surface area contributed by atoms with Crippen LogP contribution in [0, 0.1) is 17.8 Å². The van der Waals surface area contributed by atoms with E-state index in [1.165, 1.54) is 18.1 Å². The molecule has 1 heterocycles. The number of hydrogen-bond donors (Lipinski definition) is 2. The summed E-state index contributed by atoms with van der Waals surface area (Å²) in [7, 11) is 1.49. The SMILES string of the molecule is COc1cc(C(=O)NNC(=O)CCN2C(=O)[C@H]3CCCC[C@H]3C2=O)ccc1OCCC(C)C. The van der Waals surface area contributed by atoms with Crippen LogP contribution in [0.5, 0.6) is 11.5 Å². The van der Waals surface area contributed by atoms with Crippen LogP contribution in [-0.2, 0) is 14.4 Å². The van der Waals surface area contributed by atoms with Gasteiger partial charge in [-0.05, 0) is 43.4 Å². The highest BCUT2D eigenvalue weighted by molar-refractivity contribution is 6.05. The van der Waals surface area contributed by atoms with Crippen molar-refractivity contribution in [1.82, 2.24) is 15.8 Å². The van der Waals surface area contributed by atoms with Crippen LogP contribution in [0.15, 0.2) is 18.2 Å². The predicted octanol–water partition coefficient (Wildman–Crippen LogP) is 2.45. The Morgan fingerprint density at radius 2 is 1.73 bits per heavy atom. The standard InChI is InChI=1S/C24H33N3O6/c1-15(2)11-13-33-19-9-8-16(14-20(19)32-3)22(29)26-25-21(28)10-12-27-23(30)17-6-4-5-7-18(17)24(27)31/h8-9,14-15,17-18H,4-7,10-13H2,1-3H3,(H,25,28)(H,26,29)/t17-,18+. The van der Waals surface area contributed by atoms with Gasteiger partial charge >= 0.3 is 0 Å². The number of carbonyl (C=O) groups is 4. The number of amides is 4. The third-order valence-electron chi connectivity index (χ3n) is 6.19. The van der Waals surface area contributed by atoms with Crippen LogP contribution in [0.1, 0.15) is 62.7 Å². The van der Waals surface area contributed by atoms with Crippen LogP contribution < -0.4 is 20.3 Å². The van der Waals surface area contributed by atoms with Gasteiger partial charge in [-0.25, -0.2) is 0 Å². The second kappa shape index (κ2) is 11.2. The molecule has 2 atom stereocenters. The maximum atomic E-state index is 12.5. The minimum absolute atomic E-state index is 0.0165. The van der Waals surface area contributed by atoms with E-state index in [2.05, 4.69) is 24.7 Å². The molecule has 180 valence electrons. The second-order valence-corrected chi connectivity index (χ2v) is 8.97. The molecule has 1 aromatic rings. The molecule has 4 amide bonds. The third-order valence-corrected chi connectivity index (χ3v) is 6.19. The highest BCUT2D eigenvalue weighted by Gasteiger charge is 2.47. The minimum atomic E-state index is -0.519. The van der Waals surface area contributed by atoms with E-state index in [0.717, 1.165) is 32.1 Å². The number of nitrogens with one attached hydrogen (secondary N) is 2. The van der Waals surface area contributed by atoms with Crippen molar-refractivity contribution in [1.29, 1.82) is 0 Å². The first-order valence-corrected chi connectivity index (χ1v) is 11.6. The fourth-order valence-electron chi connectivity index (χ4n) is 4.26. The summed E-state index contributed by atoms with van der Waals surface area (Å²) in [5, 5.41) is 0. The summed E-state index contributed by atoms with van der Waals surface area (Å²) in [6, 6.07) is 4.77. The molecular weight excluding hydrogens is 426 g/mol. The van der Waals surface area contributed by atoms with Gasteiger partial charge in [-0.15, -0.1) is 0 Å². The summed E-state index contributed by atoms with van der Waals surface area (Å²) in [4.78, 5) is 50.8. The maximum Gasteiger partial charge on any atom is 0.269 e. The van der Waals surface area contributed by atoms with Crippen molar-refractivity contribution in [2.45, 2.75) is 52.4 Å². The number of rotatable bonds is 9. The average Bonchev–Trinajstić information content (AvgIpc) is 3.05. The van der Waals surface area contributed by atoms with E-state index in [9.17, 15) is 19.2 Å². The molecular formula is C24H33N3O6. The van der Waals surface area contributed by atoms with E-state index >= 15 is 0 Å². The predicted molar refractivity (Wildman–Crippen MR) is 120 cm³/mol. The number of nitrogens with zero attached hydrogens (tertiary/aromatic N) is 1. The van der Waals surface area contributed by atoms with Crippen LogP contribution >= 0.6 is 0 Å². The average molecular weight is 460 g/mol. The number of hydrogen-bond acceptors (Lipinski definition) is 6. The summed E-state index contributed by atoms with van der Waals surface area (Å²) >= 11 is 0. The molecule has 2 fully saturated rings. The van der Waals surface area contributed by atoms with E-state index in [-0.39, 0.29) is 42.2 Å². The quantitative estimate of drug-likeness (QED) is 0.433. The molecule has 0 aromatic heterocycles. The molecule has 1 saturated heterocycles. The maximum absolute atomic E-state index is 12.5. The van der Waals surface area contributed by atoms with Crippen molar-refractivity contribution in [2.24, 2.45) is 17.8 Å². The molecule has 0 unspecified atom stereocenters. The Kier molecular flexibility index (Phi) is 8.30. The summed E-state index contributed by atoms with van der Waals surface area (Å²) in [6.45, 7) is 4.77. The van der Waals surface area contributed by atoms with Crippen molar-refractivity contribution >= 4 is 23.6 Å². The highest BCUT2D eigenvalue weighted by Crippen LogP contribution is 2.38. The number of fused-ring (bicyclic) bond motifs is 1. The Labute approximate surface area is 194 Å². The van der Waals surface area contributed by atoms with Crippen LogP contribution in [0.25, 0.3) is 0 Å². The first-order valence-electron chi connectivity index (χ1n) is 11.6. The molecule has 9 nitrogen and oxygen atoms in total. The molecule has 0 bridgehead atoms. The van der Waals surface area contributed by atoms with Crippen molar-refractivity contribution < 1.29 is 28.7 Å². The zero-order chi connectivity index (χ0) is 24.0. The fraction of sp³-hybridized carbons (Fsp3) is 0.583. The van der Waals surface area contributed by atoms with Crippen molar-refractivity contribution in [3.8, 4) is 11.5 Å². The number of carbonyl (C=O) groups excluding carboxylic acids is 4. The van der Waals surface area contributed by atoms with Gasteiger partial charge in [0.15, 0.2) is 11.5 Å². The topological polar surface area (TPSA) is 114 Å². The molecule has 2 N–H and O–H groups in total. The van der Waals surface area contributed by atoms with Crippen LogP contribution in [0.3, 0.4) is 0 Å². The highest BCUT2D eigenvalue weighted by atomic mass is 16.5. The molecule has 0 spiro atoms. The van der Waals surface area contributed by atoms with Crippen molar-refractivity contribution in [3.05, 3.63) is 23.8 Å². The Balaban J connectivity index is 1.47. The Morgan fingerprint density at radius 1 is 1.06 bits per heavy atom. The van der Waals surface area contributed by atoms with Crippen molar-refractivity contribution in [2.75, 3.05) is 20.3 Å². The molecule has 2 aliphatic rings. The summed E-state index contributed by atoms with van der Waals surface area (Å²) in [5.74, 6) is -0.356. The van der Waals surface area contributed by atoms with Gasteiger partial charge in [0.05, 0.1) is 25.6 Å². The largest absolute Gasteiger partial charge is 0.493 e. The third kappa shape index (κ3) is 6.03. The van der Waals surface area contributed by atoms with Gasteiger partial charge in [-0.3, -0.25) is 34.9 Å². The van der Waals surface area contributed by atoms with Gasteiger partial charge in [0.25, 0.3) is 5.91 Å². The van der Waals surface area contributed by atoms with Gasteiger partial charge in [0.1, 0.15) is 0 Å². The lowest BCUT2D eigenvalue weighted by Crippen LogP contribution is -2.43. The Hall–Kier alpha value is -3.10. The van der Waals surface area contributed by atoms with E-state index in [1.807, 2.05) is 0 Å². The summed E-state index contributed by atoms with van der Waals surface area (Å²) in [6.07, 6.45) is 4.20. The smallest absolute Gasteiger partial charge is 0.269 e. The van der Waals surface area contributed by atoms with Crippen molar-refractivity contribution in [3.63, 3.8) is 0 Å². The summed E-state index contributed by atoms with van der Waals surface area (Å²) < 4.78 is 11.0. The molecule has 1 saturated carbocycles. The number of methoxy groups -OCH3 is 1. The number of hydrazine groups is 1. The van der Waals surface area contributed by atoms with Crippen LogP contribution in [0.4, 0.5) is 0 Å². The zero-order valence-corrected chi connectivity index (χ0v) is 19.5. The van der Waals surface area contributed by atoms with Crippen LogP contribution in [0.2, 0.25) is 0 Å². The molecule has 9 heteroatoms. The van der Waals surface area contributed by atoms with Crippen LogP contribution in [-0.4, -0.2) is 48.8 Å². The number of ether oxygens (including phenoxy) is 2.